The number of thiophene rings is 2. The summed E-state index contributed by atoms with van der Waals surface area (Å²) in [5.41, 5.74) is 8.50. The molecule has 4 nitrogen and oxygen atoms in total. The van der Waals surface area contributed by atoms with Crippen LogP contribution >= 0.6 is 22.7 Å². The summed E-state index contributed by atoms with van der Waals surface area (Å²) in [7, 11) is 0. The minimum Gasteiger partial charge on any atom is -0.309 e. The first-order valence-corrected chi connectivity index (χ1v) is 23.5. The van der Waals surface area contributed by atoms with E-state index in [0.717, 1.165) is 39.0 Å². The maximum Gasteiger partial charge on any atom is 0.164 e. The van der Waals surface area contributed by atoms with Crippen molar-refractivity contribution < 1.29 is 0 Å². The monoisotopic (exact) mass is 862 g/mol. The molecule has 65 heavy (non-hydrogen) atoms. The summed E-state index contributed by atoms with van der Waals surface area (Å²) in [6.07, 6.45) is 0. The molecule has 4 aromatic heterocycles. The average molecular weight is 863 g/mol. The van der Waals surface area contributed by atoms with Gasteiger partial charge >= 0.3 is 0 Å². The summed E-state index contributed by atoms with van der Waals surface area (Å²) in [5, 5.41) is 12.4. The van der Waals surface area contributed by atoms with E-state index in [0.29, 0.717) is 17.5 Å². The Morgan fingerprint density at radius 1 is 0.308 bits per heavy atom. The highest BCUT2D eigenvalue weighted by atomic mass is 32.1. The molecule has 0 bridgehead atoms. The number of benzene rings is 10. The SMILES string of the molecule is c1ccc(-c2nc(-c3ccc(-n4c5ccccc5c5cc6ccccc6cc54)c(-c4cccc5sc6cc7ccccc7cc6c45)c3)nc(-c3ccc4c(c3)sc3ccccc34)n2)cc1. The van der Waals surface area contributed by atoms with Gasteiger partial charge < -0.3 is 4.57 Å². The Balaban J connectivity index is 1.06. The third-order valence-corrected chi connectivity index (χ3v) is 15.2. The van der Waals surface area contributed by atoms with E-state index >= 15 is 0 Å². The molecule has 14 rings (SSSR count). The normalized spacial score (nSPS) is 12.0. The fraction of sp³-hybridized carbons (Fsp3) is 0. The average Bonchev–Trinajstić information content (AvgIpc) is 4.03. The fourth-order valence-electron chi connectivity index (χ4n) is 9.95. The Bertz CT molecular complexity index is 4250. The number of hydrogen-bond acceptors (Lipinski definition) is 5. The van der Waals surface area contributed by atoms with Gasteiger partial charge in [0.15, 0.2) is 17.5 Å². The van der Waals surface area contributed by atoms with Crippen molar-refractivity contribution in [3.8, 4) is 51.0 Å². The summed E-state index contributed by atoms with van der Waals surface area (Å²) in [6, 6.07) is 74.6. The van der Waals surface area contributed by atoms with Crippen LogP contribution in [0.5, 0.6) is 0 Å². The van der Waals surface area contributed by atoms with Gasteiger partial charge in [-0.3, -0.25) is 0 Å². The molecule has 0 unspecified atom stereocenters. The van der Waals surface area contributed by atoms with E-state index in [1.807, 2.05) is 29.5 Å². The molecule has 0 fully saturated rings. The fourth-order valence-corrected chi connectivity index (χ4v) is 12.3. The molecule has 0 aliphatic rings. The second kappa shape index (κ2) is 14.2. The molecule has 4 heterocycles. The molecule has 0 amide bonds. The minimum absolute atomic E-state index is 0.625. The largest absolute Gasteiger partial charge is 0.309 e. The Hall–Kier alpha value is -8.03. The van der Waals surface area contributed by atoms with Crippen LogP contribution in [-0.2, 0) is 0 Å². The van der Waals surface area contributed by atoms with Crippen molar-refractivity contribution in [1.82, 2.24) is 19.5 Å². The van der Waals surface area contributed by atoms with Crippen molar-refractivity contribution in [3.63, 3.8) is 0 Å². The van der Waals surface area contributed by atoms with E-state index in [4.69, 9.17) is 15.0 Å². The van der Waals surface area contributed by atoms with E-state index < -0.39 is 0 Å². The van der Waals surface area contributed by atoms with Gasteiger partial charge in [0.1, 0.15) is 0 Å². The van der Waals surface area contributed by atoms with Crippen LogP contribution in [0.1, 0.15) is 0 Å². The summed E-state index contributed by atoms with van der Waals surface area (Å²) in [6.45, 7) is 0. The lowest BCUT2D eigenvalue weighted by molar-refractivity contribution is 1.07. The van der Waals surface area contributed by atoms with Gasteiger partial charge in [0.05, 0.1) is 16.7 Å². The molecule has 0 aliphatic heterocycles. The van der Waals surface area contributed by atoms with Crippen LogP contribution in [0.15, 0.2) is 206 Å². The van der Waals surface area contributed by atoms with Crippen LogP contribution in [0, 0.1) is 0 Å². The Morgan fingerprint density at radius 3 is 1.68 bits per heavy atom. The lowest BCUT2D eigenvalue weighted by Crippen LogP contribution is -2.02. The first kappa shape index (κ1) is 36.5. The van der Waals surface area contributed by atoms with Crippen molar-refractivity contribution in [1.29, 1.82) is 0 Å². The molecule has 0 spiro atoms. The van der Waals surface area contributed by atoms with Crippen LogP contribution in [0.25, 0.3) is 135 Å². The van der Waals surface area contributed by atoms with Gasteiger partial charge in [-0.1, -0.05) is 140 Å². The number of hydrogen-bond donors (Lipinski definition) is 0. The van der Waals surface area contributed by atoms with E-state index in [1.54, 1.807) is 11.3 Å². The molecule has 10 aromatic carbocycles. The molecule has 0 aliphatic carbocycles. The molecule has 14 aromatic rings. The zero-order valence-corrected chi connectivity index (χ0v) is 36.4. The number of nitrogens with zero attached hydrogens (tertiary/aromatic N) is 4. The third-order valence-electron chi connectivity index (χ3n) is 13.0. The molecule has 6 heteroatoms. The molecule has 302 valence electrons. The van der Waals surface area contributed by atoms with Crippen LogP contribution in [-0.4, -0.2) is 19.5 Å². The molecule has 0 atom stereocenters. The van der Waals surface area contributed by atoms with Gasteiger partial charge in [0.2, 0.25) is 0 Å². The van der Waals surface area contributed by atoms with Gasteiger partial charge in [0.25, 0.3) is 0 Å². The zero-order valence-electron chi connectivity index (χ0n) is 34.7. The Labute approximate surface area is 381 Å². The first-order chi connectivity index (χ1) is 32.2. The highest BCUT2D eigenvalue weighted by molar-refractivity contribution is 7.26. The van der Waals surface area contributed by atoms with Crippen LogP contribution in [0.3, 0.4) is 0 Å². The molecular formula is C59H34N4S2. The predicted octanol–water partition coefficient (Wildman–Crippen LogP) is 16.7. The quantitative estimate of drug-likeness (QED) is 0.173. The van der Waals surface area contributed by atoms with Crippen molar-refractivity contribution in [2.75, 3.05) is 0 Å². The maximum absolute atomic E-state index is 5.34. The zero-order chi connectivity index (χ0) is 42.6. The van der Waals surface area contributed by atoms with Gasteiger partial charge in [-0.25, -0.2) is 15.0 Å². The molecular weight excluding hydrogens is 829 g/mol. The molecule has 0 N–H and O–H groups in total. The second-order valence-electron chi connectivity index (χ2n) is 16.8. The second-order valence-corrected chi connectivity index (χ2v) is 18.9. The van der Waals surface area contributed by atoms with Gasteiger partial charge in [-0.05, 0) is 93.8 Å². The Kier molecular flexibility index (Phi) is 7.99. The third kappa shape index (κ3) is 5.78. The molecule has 0 saturated heterocycles. The number of para-hydroxylation sites is 1. The lowest BCUT2D eigenvalue weighted by Gasteiger charge is -2.17. The van der Waals surface area contributed by atoms with E-state index in [9.17, 15) is 0 Å². The van der Waals surface area contributed by atoms with Crippen molar-refractivity contribution in [2.45, 2.75) is 0 Å². The smallest absolute Gasteiger partial charge is 0.164 e. The van der Waals surface area contributed by atoms with Crippen LogP contribution < -0.4 is 0 Å². The summed E-state index contributed by atoms with van der Waals surface area (Å²) >= 11 is 3.66. The van der Waals surface area contributed by atoms with Gasteiger partial charge in [0, 0.05) is 73.4 Å². The Morgan fingerprint density at radius 2 is 0.877 bits per heavy atom. The van der Waals surface area contributed by atoms with E-state index in [2.05, 4.69) is 193 Å². The van der Waals surface area contributed by atoms with Crippen LogP contribution in [0.4, 0.5) is 0 Å². The highest BCUT2D eigenvalue weighted by Crippen LogP contribution is 2.46. The number of rotatable bonds is 5. The predicted molar refractivity (Wildman–Crippen MR) is 277 cm³/mol. The summed E-state index contributed by atoms with van der Waals surface area (Å²) in [5.74, 6) is 1.91. The number of aromatic nitrogens is 4. The maximum atomic E-state index is 5.34. The van der Waals surface area contributed by atoms with E-state index in [-0.39, 0.29) is 0 Å². The van der Waals surface area contributed by atoms with Crippen LogP contribution in [0.2, 0.25) is 0 Å². The van der Waals surface area contributed by atoms with Crippen molar-refractivity contribution in [2.24, 2.45) is 0 Å². The molecule has 0 radical (unpaired) electrons. The standard InChI is InChI=1S/C59H34N4S2/c1-2-13-35(14-3-1)57-60-58(62-59(61-57)41-25-27-44-43-20-9-11-23-52(43)64-54(44)34-41)40-26-28-50(63-49-22-10-8-19-42(49)46-29-36-15-4-6-17-38(36)32-51(46)63)47(31-40)45-21-12-24-53-56(45)48-30-37-16-5-7-18-39(37)33-55(48)65-53/h1-34H. The number of fused-ring (bicyclic) bond motifs is 11. The molecule has 0 saturated carbocycles. The first-order valence-electron chi connectivity index (χ1n) is 21.8. The summed E-state index contributed by atoms with van der Waals surface area (Å²) < 4.78 is 7.47. The highest BCUT2D eigenvalue weighted by Gasteiger charge is 2.22. The van der Waals surface area contributed by atoms with Crippen molar-refractivity contribution in [3.05, 3.63) is 206 Å². The van der Waals surface area contributed by atoms with Gasteiger partial charge in [-0.15, -0.1) is 22.7 Å². The van der Waals surface area contributed by atoms with E-state index in [1.165, 1.54) is 78.2 Å². The lowest BCUT2D eigenvalue weighted by atomic mass is 9.95. The topological polar surface area (TPSA) is 43.6 Å². The van der Waals surface area contributed by atoms with Crippen molar-refractivity contribution >= 4 is 106 Å². The minimum atomic E-state index is 0.625. The van der Waals surface area contributed by atoms with Gasteiger partial charge in [-0.2, -0.15) is 0 Å². The summed E-state index contributed by atoms with van der Waals surface area (Å²) in [4.78, 5) is 15.8.